The van der Waals surface area contributed by atoms with Gasteiger partial charge in [-0.25, -0.2) is 0 Å². The lowest BCUT2D eigenvalue weighted by molar-refractivity contribution is -0.130. The highest BCUT2D eigenvalue weighted by atomic mass is 16.5. The first-order valence-corrected chi connectivity index (χ1v) is 6.18. The van der Waals surface area contributed by atoms with Crippen molar-refractivity contribution in [1.29, 1.82) is 0 Å². The Bertz CT molecular complexity index is 250. The predicted octanol–water partition coefficient (Wildman–Crippen LogP) is -0.0941. The van der Waals surface area contributed by atoms with Crippen molar-refractivity contribution in [2.75, 3.05) is 39.4 Å². The van der Waals surface area contributed by atoms with Gasteiger partial charge in [0.25, 0.3) is 0 Å². The number of aldehydes is 1. The van der Waals surface area contributed by atoms with E-state index in [0.717, 1.165) is 39.1 Å². The lowest BCUT2D eigenvalue weighted by atomic mass is 9.97. The minimum atomic E-state index is -0.528. The predicted molar refractivity (Wildman–Crippen MR) is 64.7 cm³/mol. The number of nitrogens with zero attached hydrogens (tertiary/aromatic N) is 1. The molecule has 0 aromatic carbocycles. The summed E-state index contributed by atoms with van der Waals surface area (Å²) in [6, 6.07) is 0. The summed E-state index contributed by atoms with van der Waals surface area (Å²) in [4.78, 5) is 24.7. The quantitative estimate of drug-likeness (QED) is 0.522. The Balaban J connectivity index is 2.20. The summed E-state index contributed by atoms with van der Waals surface area (Å²) in [6.07, 6.45) is 0.731. The maximum Gasteiger partial charge on any atom is 0.230 e. The van der Waals surface area contributed by atoms with Crippen molar-refractivity contribution < 1.29 is 14.3 Å². The molecule has 0 spiro atoms. The smallest absolute Gasteiger partial charge is 0.230 e. The van der Waals surface area contributed by atoms with Gasteiger partial charge in [0, 0.05) is 26.2 Å². The average Bonchev–Trinajstić information content (AvgIpc) is 2.30. The van der Waals surface area contributed by atoms with Crippen LogP contribution in [0.3, 0.4) is 0 Å². The lowest BCUT2D eigenvalue weighted by Gasteiger charge is -2.26. The highest BCUT2D eigenvalue weighted by Gasteiger charge is 2.21. The van der Waals surface area contributed by atoms with E-state index in [1.54, 1.807) is 0 Å². The minimum absolute atomic E-state index is 0.0517. The molecule has 5 nitrogen and oxygen atoms in total. The van der Waals surface area contributed by atoms with Crippen LogP contribution in [0.1, 0.15) is 13.8 Å². The summed E-state index contributed by atoms with van der Waals surface area (Å²) in [5, 5.41) is 2.81. The van der Waals surface area contributed by atoms with Crippen LogP contribution in [-0.2, 0) is 14.3 Å². The fourth-order valence-electron chi connectivity index (χ4n) is 1.80. The van der Waals surface area contributed by atoms with E-state index < -0.39 is 5.92 Å². The van der Waals surface area contributed by atoms with E-state index in [-0.39, 0.29) is 11.8 Å². The number of carbonyl (C=O) groups is 2. The molecule has 17 heavy (non-hydrogen) atoms. The maximum atomic E-state index is 11.7. The standard InChI is InChI=1S/C12H22N2O3/c1-10(2)11(9-15)12(16)13-3-4-14-5-7-17-8-6-14/h9-11H,3-8H2,1-2H3,(H,13,16)/t11-/m1/s1. The molecule has 1 aliphatic heterocycles. The summed E-state index contributed by atoms with van der Waals surface area (Å²) in [5.74, 6) is -0.640. The number of rotatable bonds is 6. The zero-order valence-corrected chi connectivity index (χ0v) is 10.6. The molecule has 0 unspecified atom stereocenters. The third kappa shape index (κ3) is 4.83. The molecule has 0 aromatic rings. The van der Waals surface area contributed by atoms with Crippen molar-refractivity contribution in [2.24, 2.45) is 11.8 Å². The van der Waals surface area contributed by atoms with Crippen molar-refractivity contribution in [3.63, 3.8) is 0 Å². The fourth-order valence-corrected chi connectivity index (χ4v) is 1.80. The Morgan fingerprint density at radius 2 is 2.06 bits per heavy atom. The third-order valence-electron chi connectivity index (χ3n) is 3.00. The van der Waals surface area contributed by atoms with Crippen molar-refractivity contribution in [2.45, 2.75) is 13.8 Å². The number of nitrogens with one attached hydrogen (secondary N) is 1. The summed E-state index contributed by atoms with van der Waals surface area (Å²) in [6.45, 7) is 8.51. The van der Waals surface area contributed by atoms with E-state index in [1.807, 2.05) is 13.8 Å². The van der Waals surface area contributed by atoms with Gasteiger partial charge in [-0.15, -0.1) is 0 Å². The second-order valence-electron chi connectivity index (χ2n) is 4.65. The molecule has 1 saturated heterocycles. The molecule has 98 valence electrons. The van der Waals surface area contributed by atoms with E-state index in [2.05, 4.69) is 10.2 Å². The summed E-state index contributed by atoms with van der Waals surface area (Å²) < 4.78 is 5.24. The number of hydrogen-bond donors (Lipinski definition) is 1. The van der Waals surface area contributed by atoms with Crippen molar-refractivity contribution in [3.05, 3.63) is 0 Å². The largest absolute Gasteiger partial charge is 0.379 e. The van der Waals surface area contributed by atoms with Crippen molar-refractivity contribution in [3.8, 4) is 0 Å². The topological polar surface area (TPSA) is 58.6 Å². The second-order valence-corrected chi connectivity index (χ2v) is 4.65. The minimum Gasteiger partial charge on any atom is -0.379 e. The molecule has 1 fully saturated rings. The van der Waals surface area contributed by atoms with Crippen LogP contribution >= 0.6 is 0 Å². The molecular formula is C12H22N2O3. The Labute approximate surface area is 102 Å². The normalized spacial score (nSPS) is 19.0. The summed E-state index contributed by atoms with van der Waals surface area (Å²) in [5.41, 5.74) is 0. The zero-order chi connectivity index (χ0) is 12.7. The van der Waals surface area contributed by atoms with Gasteiger partial charge in [0.15, 0.2) is 0 Å². The van der Waals surface area contributed by atoms with Gasteiger partial charge in [-0.3, -0.25) is 9.69 Å². The molecule has 1 rings (SSSR count). The first kappa shape index (κ1) is 14.1. The Morgan fingerprint density at radius 1 is 1.41 bits per heavy atom. The highest BCUT2D eigenvalue weighted by Crippen LogP contribution is 2.07. The Kier molecular flexibility index (Phi) is 6.15. The van der Waals surface area contributed by atoms with Crippen molar-refractivity contribution in [1.82, 2.24) is 10.2 Å². The summed E-state index contributed by atoms with van der Waals surface area (Å²) in [7, 11) is 0. The van der Waals surface area contributed by atoms with Crippen LogP contribution in [0.2, 0.25) is 0 Å². The van der Waals surface area contributed by atoms with Crippen LogP contribution in [0, 0.1) is 11.8 Å². The molecular weight excluding hydrogens is 220 g/mol. The van der Waals surface area contributed by atoms with E-state index >= 15 is 0 Å². The molecule has 1 amide bonds. The molecule has 0 aliphatic carbocycles. The molecule has 0 bridgehead atoms. The number of ether oxygens (including phenoxy) is 1. The van der Waals surface area contributed by atoms with E-state index in [9.17, 15) is 9.59 Å². The number of amides is 1. The van der Waals surface area contributed by atoms with Gasteiger partial charge in [0.05, 0.1) is 19.1 Å². The molecule has 0 aromatic heterocycles. The monoisotopic (exact) mass is 242 g/mol. The molecule has 5 heteroatoms. The van der Waals surface area contributed by atoms with Gasteiger partial charge >= 0.3 is 0 Å². The van der Waals surface area contributed by atoms with Gasteiger partial charge in [0.2, 0.25) is 5.91 Å². The third-order valence-corrected chi connectivity index (χ3v) is 3.00. The fraction of sp³-hybridized carbons (Fsp3) is 0.833. The van der Waals surface area contributed by atoms with Crippen LogP contribution in [0.25, 0.3) is 0 Å². The van der Waals surface area contributed by atoms with Gasteiger partial charge in [-0.2, -0.15) is 0 Å². The number of hydrogen-bond acceptors (Lipinski definition) is 4. The first-order chi connectivity index (χ1) is 8.15. The molecule has 0 radical (unpaired) electrons. The van der Waals surface area contributed by atoms with Gasteiger partial charge < -0.3 is 14.8 Å². The maximum absolute atomic E-state index is 11.7. The van der Waals surface area contributed by atoms with Crippen LogP contribution in [0.4, 0.5) is 0 Å². The Hall–Kier alpha value is -0.940. The average molecular weight is 242 g/mol. The number of carbonyl (C=O) groups excluding carboxylic acids is 2. The summed E-state index contributed by atoms with van der Waals surface area (Å²) >= 11 is 0. The highest BCUT2D eigenvalue weighted by molar-refractivity contribution is 5.91. The molecule has 1 N–H and O–H groups in total. The van der Waals surface area contributed by atoms with E-state index in [0.29, 0.717) is 6.54 Å². The molecule has 1 atom stereocenters. The first-order valence-electron chi connectivity index (χ1n) is 6.18. The van der Waals surface area contributed by atoms with E-state index in [1.165, 1.54) is 0 Å². The van der Waals surface area contributed by atoms with Gasteiger partial charge in [0.1, 0.15) is 6.29 Å². The van der Waals surface area contributed by atoms with Gasteiger partial charge in [-0.05, 0) is 5.92 Å². The van der Waals surface area contributed by atoms with Gasteiger partial charge in [-0.1, -0.05) is 13.8 Å². The lowest BCUT2D eigenvalue weighted by Crippen LogP contribution is -2.43. The van der Waals surface area contributed by atoms with Crippen LogP contribution in [0.15, 0.2) is 0 Å². The Morgan fingerprint density at radius 3 is 2.59 bits per heavy atom. The zero-order valence-electron chi connectivity index (χ0n) is 10.6. The molecule has 1 aliphatic rings. The number of morpholine rings is 1. The SMILES string of the molecule is CC(C)[C@@H](C=O)C(=O)NCCN1CCOCC1. The van der Waals surface area contributed by atoms with E-state index in [4.69, 9.17) is 4.74 Å². The van der Waals surface area contributed by atoms with Crippen LogP contribution in [-0.4, -0.2) is 56.5 Å². The second kappa shape index (κ2) is 7.40. The van der Waals surface area contributed by atoms with Crippen LogP contribution < -0.4 is 5.32 Å². The molecule has 1 heterocycles. The van der Waals surface area contributed by atoms with Crippen LogP contribution in [0.5, 0.6) is 0 Å². The molecule has 0 saturated carbocycles. The van der Waals surface area contributed by atoms with Crippen molar-refractivity contribution >= 4 is 12.2 Å².